The smallest absolute Gasteiger partial charge is 0.327 e. The molecular formula is C17H17F2N3O3S. The Morgan fingerprint density at radius 1 is 1.42 bits per heavy atom. The summed E-state index contributed by atoms with van der Waals surface area (Å²) in [6, 6.07) is 3.66. The van der Waals surface area contributed by atoms with Gasteiger partial charge in [0.05, 0.1) is 23.3 Å². The molecule has 2 heterocycles. The fourth-order valence-electron chi connectivity index (χ4n) is 2.83. The number of aromatic nitrogens is 2. The fraction of sp³-hybridized carbons (Fsp3) is 0.353. The number of carbonyl (C=O) groups is 2. The van der Waals surface area contributed by atoms with Crippen molar-refractivity contribution in [3.8, 4) is 0 Å². The number of hydrogen-bond donors (Lipinski definition) is 1. The Hall–Kier alpha value is -2.42. The first-order valence-electron chi connectivity index (χ1n) is 8.00. The Morgan fingerprint density at radius 2 is 2.19 bits per heavy atom. The number of fused-ring (bicyclic) bond motifs is 1. The maximum absolute atomic E-state index is 13.7. The van der Waals surface area contributed by atoms with Crippen molar-refractivity contribution in [3.05, 3.63) is 46.7 Å². The van der Waals surface area contributed by atoms with E-state index in [4.69, 9.17) is 4.74 Å². The predicted octanol–water partition coefficient (Wildman–Crippen LogP) is 2.81. The third-order valence-electron chi connectivity index (χ3n) is 3.91. The number of ether oxygens (including phenoxy) is 1. The monoisotopic (exact) mass is 381 g/mol. The number of anilines is 1. The lowest BCUT2D eigenvalue weighted by Gasteiger charge is -2.15. The highest BCUT2D eigenvalue weighted by molar-refractivity contribution is 8.00. The number of aryl methyl sites for hydroxylation is 1. The van der Waals surface area contributed by atoms with Gasteiger partial charge in [0.2, 0.25) is 5.91 Å². The molecule has 0 saturated carbocycles. The SMILES string of the molecule is CCOC(=O)Cn1nc(C)c2c1NC(=O)CSC2c1ccc(F)c(F)c1. The molecule has 0 spiro atoms. The molecule has 1 aliphatic rings. The quantitative estimate of drug-likeness (QED) is 0.825. The highest BCUT2D eigenvalue weighted by atomic mass is 32.2. The van der Waals surface area contributed by atoms with E-state index < -0.39 is 22.9 Å². The van der Waals surface area contributed by atoms with E-state index in [1.807, 2.05) is 0 Å². The molecule has 138 valence electrons. The number of benzene rings is 1. The van der Waals surface area contributed by atoms with Gasteiger partial charge in [0.25, 0.3) is 0 Å². The number of thioether (sulfide) groups is 1. The van der Waals surface area contributed by atoms with Crippen LogP contribution in [0, 0.1) is 18.6 Å². The highest BCUT2D eigenvalue weighted by Crippen LogP contribution is 2.43. The van der Waals surface area contributed by atoms with Gasteiger partial charge in [-0.25, -0.2) is 13.5 Å². The zero-order valence-electron chi connectivity index (χ0n) is 14.2. The van der Waals surface area contributed by atoms with Gasteiger partial charge in [0, 0.05) is 5.56 Å². The van der Waals surface area contributed by atoms with E-state index in [-0.39, 0.29) is 24.8 Å². The van der Waals surface area contributed by atoms with Crippen LogP contribution in [-0.4, -0.2) is 34.0 Å². The maximum Gasteiger partial charge on any atom is 0.327 e. The summed E-state index contributed by atoms with van der Waals surface area (Å²) in [5.41, 5.74) is 1.77. The Kier molecular flexibility index (Phi) is 5.26. The van der Waals surface area contributed by atoms with E-state index >= 15 is 0 Å². The van der Waals surface area contributed by atoms with Crippen molar-refractivity contribution in [2.45, 2.75) is 25.6 Å². The van der Waals surface area contributed by atoms with E-state index in [0.29, 0.717) is 22.6 Å². The van der Waals surface area contributed by atoms with E-state index in [1.54, 1.807) is 13.8 Å². The second-order valence-corrected chi connectivity index (χ2v) is 6.82. The molecule has 1 amide bonds. The zero-order chi connectivity index (χ0) is 18.8. The van der Waals surface area contributed by atoms with Crippen LogP contribution in [-0.2, 0) is 20.9 Å². The van der Waals surface area contributed by atoms with E-state index in [2.05, 4.69) is 10.4 Å². The summed E-state index contributed by atoms with van der Waals surface area (Å²) in [4.78, 5) is 23.9. The predicted molar refractivity (Wildman–Crippen MR) is 92.9 cm³/mol. The van der Waals surface area contributed by atoms with Gasteiger partial charge in [-0.1, -0.05) is 6.07 Å². The molecule has 9 heteroatoms. The largest absolute Gasteiger partial charge is 0.465 e. The summed E-state index contributed by atoms with van der Waals surface area (Å²) in [6.45, 7) is 3.52. The van der Waals surface area contributed by atoms with Crippen LogP contribution in [0.2, 0.25) is 0 Å². The molecule has 1 aromatic carbocycles. The molecule has 0 saturated heterocycles. The first kappa shape index (κ1) is 18.4. The molecule has 1 unspecified atom stereocenters. The number of hydrogen-bond acceptors (Lipinski definition) is 5. The van der Waals surface area contributed by atoms with Gasteiger partial charge in [-0.05, 0) is 31.5 Å². The minimum absolute atomic E-state index is 0.136. The van der Waals surface area contributed by atoms with Crippen molar-refractivity contribution < 1.29 is 23.1 Å². The van der Waals surface area contributed by atoms with Crippen molar-refractivity contribution in [2.24, 2.45) is 0 Å². The van der Waals surface area contributed by atoms with Gasteiger partial charge < -0.3 is 10.1 Å². The first-order valence-corrected chi connectivity index (χ1v) is 9.05. The van der Waals surface area contributed by atoms with Crippen molar-refractivity contribution in [1.29, 1.82) is 0 Å². The topological polar surface area (TPSA) is 73.2 Å². The normalized spacial score (nSPS) is 16.6. The summed E-state index contributed by atoms with van der Waals surface area (Å²) in [6.07, 6.45) is 0. The van der Waals surface area contributed by atoms with Crippen molar-refractivity contribution in [2.75, 3.05) is 17.7 Å². The standard InChI is InChI=1S/C17H17F2N3O3S/c1-3-25-14(24)7-22-17-15(9(2)21-22)16(26-8-13(23)20-17)10-4-5-11(18)12(19)6-10/h4-6,16H,3,7-8H2,1-2H3,(H,20,23). The number of carbonyl (C=O) groups excluding carboxylic acids is 2. The molecule has 0 radical (unpaired) electrons. The lowest BCUT2D eigenvalue weighted by molar-refractivity contribution is -0.144. The summed E-state index contributed by atoms with van der Waals surface area (Å²) >= 11 is 1.29. The molecular weight excluding hydrogens is 364 g/mol. The van der Waals surface area contributed by atoms with E-state index in [9.17, 15) is 18.4 Å². The Labute approximate surface area is 152 Å². The molecule has 1 atom stereocenters. The van der Waals surface area contributed by atoms with Crippen LogP contribution < -0.4 is 5.32 Å². The summed E-state index contributed by atoms with van der Waals surface area (Å²) in [7, 11) is 0. The number of nitrogens with one attached hydrogen (secondary N) is 1. The van der Waals surface area contributed by atoms with Gasteiger partial charge in [-0.15, -0.1) is 11.8 Å². The van der Waals surface area contributed by atoms with Gasteiger partial charge in [0.15, 0.2) is 11.6 Å². The van der Waals surface area contributed by atoms with E-state index in [1.165, 1.54) is 22.5 Å². The lowest BCUT2D eigenvalue weighted by atomic mass is 10.0. The Bertz CT molecular complexity index is 869. The summed E-state index contributed by atoms with van der Waals surface area (Å²) in [5, 5.41) is 6.66. The van der Waals surface area contributed by atoms with Crippen LogP contribution in [0.5, 0.6) is 0 Å². The number of esters is 1. The molecule has 0 aliphatic carbocycles. The fourth-order valence-corrected chi connectivity index (χ4v) is 4.01. The minimum atomic E-state index is -0.954. The number of rotatable bonds is 4. The number of halogens is 2. The van der Waals surface area contributed by atoms with Crippen LogP contribution in [0.1, 0.15) is 29.0 Å². The lowest BCUT2D eigenvalue weighted by Crippen LogP contribution is -2.20. The average Bonchev–Trinajstić information content (AvgIpc) is 2.77. The first-order chi connectivity index (χ1) is 12.4. The molecule has 6 nitrogen and oxygen atoms in total. The molecule has 1 N–H and O–H groups in total. The molecule has 0 fully saturated rings. The van der Waals surface area contributed by atoms with Gasteiger partial charge in [-0.2, -0.15) is 5.10 Å². The number of nitrogens with zero attached hydrogens (tertiary/aromatic N) is 2. The van der Waals surface area contributed by atoms with Crippen LogP contribution in [0.4, 0.5) is 14.6 Å². The van der Waals surface area contributed by atoms with Crippen LogP contribution in [0.15, 0.2) is 18.2 Å². The Morgan fingerprint density at radius 3 is 2.88 bits per heavy atom. The van der Waals surface area contributed by atoms with Crippen LogP contribution in [0.3, 0.4) is 0 Å². The zero-order valence-corrected chi connectivity index (χ0v) is 15.0. The summed E-state index contributed by atoms with van der Waals surface area (Å²) < 4.78 is 33.3. The third-order valence-corrected chi connectivity index (χ3v) is 5.18. The molecule has 3 rings (SSSR count). The molecule has 1 aromatic heterocycles. The summed E-state index contributed by atoms with van der Waals surface area (Å²) in [5.74, 6) is -2.11. The van der Waals surface area contributed by atoms with Crippen LogP contribution in [0.25, 0.3) is 0 Å². The molecule has 1 aliphatic heterocycles. The average molecular weight is 381 g/mol. The molecule has 26 heavy (non-hydrogen) atoms. The number of amides is 1. The second kappa shape index (κ2) is 7.45. The minimum Gasteiger partial charge on any atom is -0.465 e. The molecule has 2 aromatic rings. The molecule has 0 bridgehead atoms. The van der Waals surface area contributed by atoms with Crippen molar-refractivity contribution >= 4 is 29.5 Å². The van der Waals surface area contributed by atoms with Crippen molar-refractivity contribution in [1.82, 2.24) is 9.78 Å². The Balaban J connectivity index is 2.05. The van der Waals surface area contributed by atoms with Gasteiger partial charge in [0.1, 0.15) is 12.4 Å². The highest BCUT2D eigenvalue weighted by Gasteiger charge is 2.31. The van der Waals surface area contributed by atoms with E-state index in [0.717, 1.165) is 12.1 Å². The second-order valence-electron chi connectivity index (χ2n) is 5.72. The third kappa shape index (κ3) is 3.57. The van der Waals surface area contributed by atoms with Crippen LogP contribution >= 0.6 is 11.8 Å². The maximum atomic E-state index is 13.7. The van der Waals surface area contributed by atoms with Gasteiger partial charge in [-0.3, -0.25) is 9.59 Å². The van der Waals surface area contributed by atoms with Gasteiger partial charge >= 0.3 is 5.97 Å². The van der Waals surface area contributed by atoms with Crippen molar-refractivity contribution in [3.63, 3.8) is 0 Å².